The molecule has 0 aliphatic heterocycles. The molecule has 1 unspecified atom stereocenters. The molecule has 196 valence electrons. The number of para-hydroxylation sites is 1. The number of allylic oxidation sites excluding steroid dienone is 3. The van der Waals surface area contributed by atoms with Gasteiger partial charge in [0.05, 0.1) is 6.61 Å². The van der Waals surface area contributed by atoms with Gasteiger partial charge in [0.2, 0.25) is 0 Å². The summed E-state index contributed by atoms with van der Waals surface area (Å²) in [5, 5.41) is 3.57. The fourth-order valence-electron chi connectivity index (χ4n) is 4.25. The number of ether oxygens (including phenoxy) is 1. The third-order valence-electron chi connectivity index (χ3n) is 6.00. The van der Waals surface area contributed by atoms with Crippen LogP contribution in [0.25, 0.3) is 0 Å². The highest BCUT2D eigenvalue weighted by Gasteiger charge is 2.41. The fourth-order valence-corrected chi connectivity index (χ4v) is 8.00. The maximum Gasteiger partial charge on any atom is 0.127 e. The molecule has 1 atom stereocenters. The predicted octanol–water partition coefficient (Wildman–Crippen LogP) is 8.85. The normalized spacial score (nSPS) is 14.4. The lowest BCUT2D eigenvalue weighted by Gasteiger charge is -2.51. The highest BCUT2D eigenvalue weighted by molar-refractivity contribution is 8.34. The van der Waals surface area contributed by atoms with E-state index in [4.69, 9.17) is 8.92 Å². The van der Waals surface area contributed by atoms with E-state index in [0.29, 0.717) is 6.61 Å². The van der Waals surface area contributed by atoms with E-state index in [9.17, 15) is 0 Å². The van der Waals surface area contributed by atoms with Crippen LogP contribution in [0.2, 0.25) is 0 Å². The van der Waals surface area contributed by atoms with Gasteiger partial charge in [-0.3, -0.25) is 0 Å². The van der Waals surface area contributed by atoms with Crippen LogP contribution in [-0.4, -0.2) is 24.4 Å². The van der Waals surface area contributed by atoms with Crippen molar-refractivity contribution in [1.82, 2.24) is 5.32 Å². The van der Waals surface area contributed by atoms with Crippen LogP contribution in [-0.2, 0) is 10.6 Å². The first kappa shape index (κ1) is 28.5. The highest BCUT2D eigenvalue weighted by Crippen LogP contribution is 2.71. The Balaban J connectivity index is 1.52. The maximum atomic E-state index is 6.85. The molecule has 0 aliphatic carbocycles. The summed E-state index contributed by atoms with van der Waals surface area (Å²) in [6.45, 7) is 17.3. The zero-order valence-electron chi connectivity index (χ0n) is 22.5. The van der Waals surface area contributed by atoms with Crippen molar-refractivity contribution in [2.24, 2.45) is 0 Å². The summed E-state index contributed by atoms with van der Waals surface area (Å²) in [5.74, 6) is 1.71. The van der Waals surface area contributed by atoms with E-state index in [-0.39, 0.29) is 4.75 Å². The molecule has 3 nitrogen and oxygen atoms in total. The maximum absolute atomic E-state index is 6.85. The molecule has 0 spiro atoms. The Morgan fingerprint density at radius 2 is 1.46 bits per heavy atom. The van der Waals surface area contributed by atoms with Crippen molar-refractivity contribution < 1.29 is 8.92 Å². The molecule has 0 saturated heterocycles. The molecule has 37 heavy (non-hydrogen) atoms. The Hall–Kier alpha value is -3.05. The molecule has 0 amide bonds. The smallest absolute Gasteiger partial charge is 0.127 e. The summed E-state index contributed by atoms with van der Waals surface area (Å²) < 4.78 is 12.6. The van der Waals surface area contributed by atoms with Gasteiger partial charge in [-0.05, 0) is 94.7 Å². The third-order valence-corrected chi connectivity index (χ3v) is 10.2. The van der Waals surface area contributed by atoms with E-state index in [2.05, 4.69) is 87.8 Å². The zero-order chi connectivity index (χ0) is 26.6. The van der Waals surface area contributed by atoms with Gasteiger partial charge in [-0.2, -0.15) is 0 Å². The van der Waals surface area contributed by atoms with Crippen LogP contribution >= 0.6 is 10.3 Å². The van der Waals surface area contributed by atoms with Crippen LogP contribution in [0, 0.1) is 0 Å². The molecule has 0 aliphatic rings. The Morgan fingerprint density at radius 1 is 0.838 bits per heavy atom. The quantitative estimate of drug-likeness (QED) is 0.172. The second kappa shape index (κ2) is 14.0. The molecule has 0 aromatic heterocycles. The first-order chi connectivity index (χ1) is 17.9. The summed E-state index contributed by atoms with van der Waals surface area (Å²) in [5.41, 5.74) is 1.29. The number of hydrogen-bond acceptors (Lipinski definition) is 3. The minimum Gasteiger partial charge on any atom is -0.457 e. The Labute approximate surface area is 225 Å². The largest absolute Gasteiger partial charge is 0.457 e. The van der Waals surface area contributed by atoms with Gasteiger partial charge in [0.15, 0.2) is 0 Å². The van der Waals surface area contributed by atoms with Gasteiger partial charge in [0, 0.05) is 14.5 Å². The Bertz CT molecular complexity index is 1130. The lowest BCUT2D eigenvalue weighted by molar-refractivity contribution is 0.336. The molecule has 4 heteroatoms. The van der Waals surface area contributed by atoms with E-state index >= 15 is 0 Å². The topological polar surface area (TPSA) is 30.5 Å². The lowest BCUT2D eigenvalue weighted by Crippen LogP contribution is -2.29. The van der Waals surface area contributed by atoms with Gasteiger partial charge in [-0.15, -0.1) is 0 Å². The van der Waals surface area contributed by atoms with Gasteiger partial charge in [-0.25, -0.2) is 0 Å². The molecule has 3 aromatic rings. The lowest BCUT2D eigenvalue weighted by atomic mass is 10.1. The number of rotatable bonds is 14. The molecule has 1 N–H and O–H groups in total. The van der Waals surface area contributed by atoms with Crippen molar-refractivity contribution in [2.75, 3.05) is 19.7 Å². The second-order valence-corrected chi connectivity index (χ2v) is 13.2. The summed E-state index contributed by atoms with van der Waals surface area (Å²) in [4.78, 5) is 2.32. The summed E-state index contributed by atoms with van der Waals surface area (Å²) in [6, 6.07) is 28.8. The first-order valence-corrected chi connectivity index (χ1v) is 14.5. The van der Waals surface area contributed by atoms with Crippen LogP contribution in [0.3, 0.4) is 0 Å². The molecule has 0 heterocycles. The van der Waals surface area contributed by atoms with Gasteiger partial charge in [0.1, 0.15) is 11.5 Å². The molecule has 0 radical (unpaired) electrons. The average molecular weight is 516 g/mol. The van der Waals surface area contributed by atoms with E-state index < -0.39 is 10.3 Å². The van der Waals surface area contributed by atoms with Gasteiger partial charge in [0.25, 0.3) is 0 Å². The molecule has 0 saturated carbocycles. The van der Waals surface area contributed by atoms with Crippen molar-refractivity contribution in [1.29, 1.82) is 0 Å². The van der Waals surface area contributed by atoms with E-state index in [1.807, 2.05) is 54.6 Å². The number of benzene rings is 3. The molecular weight excluding hydrogens is 474 g/mol. The number of nitrogens with one attached hydrogen (secondary N) is 1. The highest BCUT2D eigenvalue weighted by atomic mass is 32.3. The zero-order valence-corrected chi connectivity index (χ0v) is 23.3. The van der Waals surface area contributed by atoms with Crippen molar-refractivity contribution in [2.45, 2.75) is 43.3 Å². The van der Waals surface area contributed by atoms with Crippen molar-refractivity contribution in [3.8, 4) is 11.5 Å². The van der Waals surface area contributed by atoms with Crippen LogP contribution in [0.4, 0.5) is 0 Å². The number of hydrogen-bond donors (Lipinski definition) is 1. The van der Waals surface area contributed by atoms with Crippen LogP contribution < -0.4 is 10.1 Å². The molecule has 3 aromatic carbocycles. The van der Waals surface area contributed by atoms with Gasteiger partial charge < -0.3 is 14.2 Å². The van der Waals surface area contributed by atoms with Crippen molar-refractivity contribution in [3.63, 3.8) is 0 Å². The van der Waals surface area contributed by atoms with Crippen LogP contribution in [0.5, 0.6) is 11.5 Å². The monoisotopic (exact) mass is 515 g/mol. The van der Waals surface area contributed by atoms with Gasteiger partial charge >= 0.3 is 0 Å². The Morgan fingerprint density at radius 3 is 2.05 bits per heavy atom. The Kier molecular flexibility index (Phi) is 10.8. The minimum absolute atomic E-state index is 0.110. The van der Waals surface area contributed by atoms with Crippen LogP contribution in [0.1, 0.15) is 32.8 Å². The molecule has 0 bridgehead atoms. The summed E-state index contributed by atoms with van der Waals surface area (Å²) in [7, 11) is -1.77. The van der Waals surface area contributed by atoms with E-state index in [1.54, 1.807) is 0 Å². The van der Waals surface area contributed by atoms with Crippen molar-refractivity contribution >= 4 is 10.3 Å². The predicted molar refractivity (Wildman–Crippen MR) is 161 cm³/mol. The van der Waals surface area contributed by atoms with Gasteiger partial charge in [-0.1, -0.05) is 84.1 Å². The second-order valence-electron chi connectivity index (χ2n) is 9.73. The SMILES string of the molecule is C=C/C=C(\C=C)S(OCCCNCCc1ccc(Oc2ccccc2)cc1)(c1ccccc1)C(C)(C)C. The van der Waals surface area contributed by atoms with E-state index in [1.165, 1.54) is 10.5 Å². The third kappa shape index (κ3) is 7.72. The fraction of sp³-hybridized carbons (Fsp3) is 0.273. The molecule has 0 fully saturated rings. The first-order valence-electron chi connectivity index (χ1n) is 12.9. The minimum atomic E-state index is -1.77. The molecular formula is C33H41NO2S. The standard InChI is InChI=1S/C33H41NO2S/c1-6-15-31(7-2)37(33(3,4)5,32-18-12-9-13-19-32)35-27-14-25-34-26-24-28-20-22-30(23-21-28)36-29-16-10-8-11-17-29/h6-13,15-23,34H,1-2,14,24-27H2,3-5H3/b31-15+. The molecule has 3 rings (SSSR count). The van der Waals surface area contributed by atoms with Crippen LogP contribution in [0.15, 0.2) is 126 Å². The average Bonchev–Trinajstić information content (AvgIpc) is 2.90. The summed E-state index contributed by atoms with van der Waals surface area (Å²) in [6.07, 6.45) is 7.72. The summed E-state index contributed by atoms with van der Waals surface area (Å²) >= 11 is 0. The van der Waals surface area contributed by atoms with E-state index in [0.717, 1.165) is 42.3 Å². The van der Waals surface area contributed by atoms with Crippen molar-refractivity contribution in [3.05, 3.63) is 127 Å².